The first-order valence-corrected chi connectivity index (χ1v) is 8.38. The minimum absolute atomic E-state index is 0.0164. The van der Waals surface area contributed by atoms with Crippen molar-refractivity contribution in [1.29, 1.82) is 0 Å². The summed E-state index contributed by atoms with van der Waals surface area (Å²) < 4.78 is 16.0. The summed E-state index contributed by atoms with van der Waals surface area (Å²) in [6.45, 7) is 9.46. The highest BCUT2D eigenvalue weighted by molar-refractivity contribution is 5.89. The average Bonchev–Trinajstić information content (AvgIpc) is 2.91. The minimum atomic E-state index is -0.309. The average molecular weight is 329 g/mol. The van der Waals surface area contributed by atoms with Crippen LogP contribution in [0.2, 0.25) is 0 Å². The lowest BCUT2D eigenvalue weighted by Gasteiger charge is -2.39. The summed E-state index contributed by atoms with van der Waals surface area (Å²) in [7, 11) is 0. The molecule has 1 aliphatic heterocycles. The number of carbonyl (C=O) groups excluding carboxylic acids is 1. The van der Waals surface area contributed by atoms with Crippen molar-refractivity contribution in [3.63, 3.8) is 0 Å². The first kappa shape index (κ1) is 16.6. The molecule has 128 valence electrons. The van der Waals surface area contributed by atoms with E-state index in [9.17, 15) is 9.18 Å². The molecule has 5 heteroatoms. The molecule has 0 bridgehead atoms. The van der Waals surface area contributed by atoms with Crippen LogP contribution in [-0.4, -0.2) is 22.0 Å². The Kier molecular flexibility index (Phi) is 4.35. The topological polar surface area (TPSA) is 37.3 Å². The van der Waals surface area contributed by atoms with E-state index in [4.69, 9.17) is 0 Å². The number of nitrogens with zero attached hydrogens (tertiary/aromatic N) is 2. The van der Waals surface area contributed by atoms with Crippen molar-refractivity contribution in [2.24, 2.45) is 5.92 Å². The van der Waals surface area contributed by atoms with E-state index in [-0.39, 0.29) is 17.9 Å². The monoisotopic (exact) mass is 329 g/mol. The van der Waals surface area contributed by atoms with Crippen molar-refractivity contribution >= 4 is 11.7 Å². The molecule has 0 aliphatic carbocycles. The summed E-state index contributed by atoms with van der Waals surface area (Å²) in [5.74, 6) is -0.0183. The zero-order valence-electron chi connectivity index (χ0n) is 14.6. The number of amides is 2. The van der Waals surface area contributed by atoms with E-state index >= 15 is 0 Å². The molecule has 3 rings (SSSR count). The number of carbonyl (C=O) groups is 1. The lowest BCUT2D eigenvalue weighted by molar-refractivity contribution is 0.143. The molecule has 0 saturated carbocycles. The second kappa shape index (κ2) is 6.30. The second-order valence-electron chi connectivity index (χ2n) is 6.83. The summed E-state index contributed by atoms with van der Waals surface area (Å²) in [4.78, 5) is 14.6. The molecule has 1 aliphatic rings. The Morgan fingerprint density at radius 2 is 1.96 bits per heavy atom. The number of nitrogens with one attached hydrogen (secondary N) is 1. The van der Waals surface area contributed by atoms with Gasteiger partial charge < -0.3 is 14.8 Å². The molecule has 1 aromatic carbocycles. The third kappa shape index (κ3) is 2.90. The van der Waals surface area contributed by atoms with Gasteiger partial charge >= 0.3 is 6.03 Å². The van der Waals surface area contributed by atoms with E-state index in [0.29, 0.717) is 23.7 Å². The van der Waals surface area contributed by atoms with Gasteiger partial charge in [-0.2, -0.15) is 0 Å². The Balaban J connectivity index is 1.84. The Hall–Kier alpha value is -2.30. The summed E-state index contributed by atoms with van der Waals surface area (Å²) in [6.07, 6.45) is 0. The number of hydrogen-bond donors (Lipinski definition) is 1. The van der Waals surface area contributed by atoms with Crippen molar-refractivity contribution in [3.05, 3.63) is 53.1 Å². The summed E-state index contributed by atoms with van der Waals surface area (Å²) in [5.41, 5.74) is 3.44. The van der Waals surface area contributed by atoms with Crippen LogP contribution >= 0.6 is 0 Å². The molecule has 1 atom stereocenters. The normalized spacial score (nSPS) is 17.1. The van der Waals surface area contributed by atoms with Gasteiger partial charge in [-0.1, -0.05) is 19.9 Å². The van der Waals surface area contributed by atoms with E-state index in [1.807, 2.05) is 4.90 Å². The number of hydrogen-bond acceptors (Lipinski definition) is 1. The Morgan fingerprint density at radius 1 is 1.21 bits per heavy atom. The predicted octanol–water partition coefficient (Wildman–Crippen LogP) is 4.49. The third-order valence-electron chi connectivity index (χ3n) is 4.75. The number of aromatic nitrogens is 1. The van der Waals surface area contributed by atoms with Crippen LogP contribution in [0.1, 0.15) is 36.8 Å². The first-order valence-electron chi connectivity index (χ1n) is 8.38. The standard InChI is InChI=1S/C19H24FN3O/c1-12(2)18-17-8-6-14(4)22(17)9-10-23(18)19(24)21-15-7-5-13(3)16(20)11-15/h5-8,11-12,18H,9-10H2,1-4H3,(H,21,24)/t18-/m0/s1. The molecule has 0 saturated heterocycles. The molecule has 1 aromatic heterocycles. The molecule has 2 amide bonds. The van der Waals surface area contributed by atoms with Crippen molar-refractivity contribution in [2.75, 3.05) is 11.9 Å². The lowest BCUT2D eigenvalue weighted by Crippen LogP contribution is -2.46. The maximum absolute atomic E-state index is 13.7. The molecular formula is C19H24FN3O. The van der Waals surface area contributed by atoms with E-state index in [2.05, 4.69) is 42.8 Å². The summed E-state index contributed by atoms with van der Waals surface area (Å²) >= 11 is 0. The zero-order chi connectivity index (χ0) is 17.4. The molecule has 0 unspecified atom stereocenters. The molecule has 0 fully saturated rings. The van der Waals surface area contributed by atoms with Crippen LogP contribution in [0.5, 0.6) is 0 Å². The summed E-state index contributed by atoms with van der Waals surface area (Å²) in [6, 6.07) is 8.82. The van der Waals surface area contributed by atoms with Gasteiger partial charge in [-0.3, -0.25) is 0 Å². The fourth-order valence-electron chi connectivity index (χ4n) is 3.45. The molecule has 2 heterocycles. The van der Waals surface area contributed by atoms with Crippen LogP contribution in [0.15, 0.2) is 30.3 Å². The van der Waals surface area contributed by atoms with Crippen LogP contribution in [0.4, 0.5) is 14.9 Å². The summed E-state index contributed by atoms with van der Waals surface area (Å²) in [5, 5.41) is 2.84. The van der Waals surface area contributed by atoms with Crippen molar-refractivity contribution in [3.8, 4) is 0 Å². The highest BCUT2D eigenvalue weighted by Crippen LogP contribution is 2.34. The van der Waals surface area contributed by atoms with E-state index < -0.39 is 0 Å². The van der Waals surface area contributed by atoms with Gasteiger partial charge in [0, 0.05) is 30.2 Å². The highest BCUT2D eigenvalue weighted by atomic mass is 19.1. The van der Waals surface area contributed by atoms with Gasteiger partial charge in [-0.15, -0.1) is 0 Å². The maximum atomic E-state index is 13.7. The second-order valence-corrected chi connectivity index (χ2v) is 6.83. The van der Waals surface area contributed by atoms with Crippen LogP contribution in [-0.2, 0) is 6.54 Å². The minimum Gasteiger partial charge on any atom is -0.345 e. The third-order valence-corrected chi connectivity index (χ3v) is 4.75. The van der Waals surface area contributed by atoms with Gasteiger partial charge in [0.25, 0.3) is 0 Å². The molecule has 24 heavy (non-hydrogen) atoms. The molecule has 0 spiro atoms. The van der Waals surface area contributed by atoms with Gasteiger partial charge in [0.2, 0.25) is 0 Å². The van der Waals surface area contributed by atoms with Gasteiger partial charge in [-0.05, 0) is 49.6 Å². The molecule has 2 aromatic rings. The molecule has 4 nitrogen and oxygen atoms in total. The zero-order valence-corrected chi connectivity index (χ0v) is 14.6. The van der Waals surface area contributed by atoms with E-state index in [1.165, 1.54) is 17.5 Å². The Bertz CT molecular complexity index is 766. The van der Waals surface area contributed by atoms with Gasteiger partial charge in [0.05, 0.1) is 6.04 Å². The van der Waals surface area contributed by atoms with Crippen LogP contribution in [0, 0.1) is 25.6 Å². The number of anilines is 1. The van der Waals surface area contributed by atoms with E-state index in [0.717, 1.165) is 6.54 Å². The molecular weight excluding hydrogens is 305 g/mol. The highest BCUT2D eigenvalue weighted by Gasteiger charge is 2.33. The smallest absolute Gasteiger partial charge is 0.322 e. The molecule has 1 N–H and O–H groups in total. The molecule has 0 radical (unpaired) electrons. The first-order chi connectivity index (χ1) is 11.4. The quantitative estimate of drug-likeness (QED) is 0.866. The lowest BCUT2D eigenvalue weighted by atomic mass is 9.97. The number of fused-ring (bicyclic) bond motifs is 1. The van der Waals surface area contributed by atoms with Gasteiger partial charge in [0.15, 0.2) is 0 Å². The number of rotatable bonds is 2. The fraction of sp³-hybridized carbons (Fsp3) is 0.421. The predicted molar refractivity (Wildman–Crippen MR) is 93.6 cm³/mol. The van der Waals surface area contributed by atoms with Crippen LogP contribution < -0.4 is 5.32 Å². The maximum Gasteiger partial charge on any atom is 0.322 e. The number of benzene rings is 1. The van der Waals surface area contributed by atoms with Gasteiger partial charge in [0.1, 0.15) is 5.82 Å². The van der Waals surface area contributed by atoms with Crippen LogP contribution in [0.3, 0.4) is 0 Å². The number of urea groups is 1. The largest absolute Gasteiger partial charge is 0.345 e. The SMILES string of the molecule is Cc1ccc(NC(=O)N2CCn3c(C)ccc3[C@@H]2C(C)C)cc1F. The number of aryl methyl sites for hydroxylation is 2. The fourth-order valence-corrected chi connectivity index (χ4v) is 3.45. The van der Waals surface area contributed by atoms with Crippen molar-refractivity contribution in [1.82, 2.24) is 9.47 Å². The Morgan fingerprint density at radius 3 is 2.62 bits per heavy atom. The van der Waals surface area contributed by atoms with Crippen LogP contribution in [0.25, 0.3) is 0 Å². The van der Waals surface area contributed by atoms with Gasteiger partial charge in [-0.25, -0.2) is 9.18 Å². The van der Waals surface area contributed by atoms with Crippen molar-refractivity contribution < 1.29 is 9.18 Å². The van der Waals surface area contributed by atoms with E-state index in [1.54, 1.807) is 19.1 Å². The Labute approximate surface area is 142 Å². The van der Waals surface area contributed by atoms with Crippen molar-refractivity contribution in [2.45, 2.75) is 40.3 Å². The number of halogens is 1.